The Hall–Kier alpha value is -4.81. The first kappa shape index (κ1) is 48.2. The van der Waals surface area contributed by atoms with E-state index in [1.165, 1.54) is 13.8 Å². The molecule has 7 atom stereocenters. The van der Waals surface area contributed by atoms with E-state index in [0.29, 0.717) is 12.8 Å². The Bertz CT molecular complexity index is 1390. The second kappa shape index (κ2) is 23.2. The summed E-state index contributed by atoms with van der Waals surface area (Å²) in [5.41, 5.74) is 5.38. The van der Waals surface area contributed by atoms with Crippen LogP contribution in [0.1, 0.15) is 100 Å². The largest absolute Gasteiger partial charge is 0.481 e. The van der Waals surface area contributed by atoms with Gasteiger partial charge in [-0.1, -0.05) is 41.5 Å². The topological polar surface area (TPSA) is 296 Å². The molecule has 1 saturated heterocycles. The van der Waals surface area contributed by atoms with Crippen molar-refractivity contribution in [1.82, 2.24) is 36.8 Å². The molecule has 55 heavy (non-hydrogen) atoms. The highest BCUT2D eigenvalue weighted by Crippen LogP contribution is 2.20. The van der Waals surface area contributed by atoms with Crippen molar-refractivity contribution in [3.8, 4) is 0 Å². The maximum absolute atomic E-state index is 13.6. The lowest BCUT2D eigenvalue weighted by Gasteiger charge is -2.29. The van der Waals surface area contributed by atoms with Gasteiger partial charge in [-0.15, -0.1) is 0 Å². The molecule has 0 aromatic carbocycles. The number of aliphatic carboxylic acids is 2. The second-order valence-electron chi connectivity index (χ2n) is 15.3. The summed E-state index contributed by atoms with van der Waals surface area (Å²) in [4.78, 5) is 116. The monoisotopic (exact) mass is 782 g/mol. The molecule has 0 aliphatic carbocycles. The van der Waals surface area contributed by atoms with E-state index in [1.807, 2.05) is 27.7 Å². The molecule has 0 aromatic heterocycles. The summed E-state index contributed by atoms with van der Waals surface area (Å²) in [6.07, 6.45) is 0.387. The average molecular weight is 783 g/mol. The lowest BCUT2D eigenvalue weighted by molar-refractivity contribution is -0.150. The average Bonchev–Trinajstić information content (AvgIpc) is 3.58. The van der Waals surface area contributed by atoms with Gasteiger partial charge in [0.2, 0.25) is 41.4 Å². The van der Waals surface area contributed by atoms with E-state index in [1.54, 1.807) is 13.8 Å². The Labute approximate surface area is 322 Å². The van der Waals surface area contributed by atoms with Gasteiger partial charge in [0.25, 0.3) is 0 Å². The molecule has 1 rings (SSSR count). The fraction of sp³-hybridized carbons (Fsp3) is 0.750. The van der Waals surface area contributed by atoms with Gasteiger partial charge in [0, 0.05) is 13.0 Å². The highest BCUT2D eigenvalue weighted by Gasteiger charge is 2.39. The van der Waals surface area contributed by atoms with Gasteiger partial charge >= 0.3 is 11.9 Å². The molecule has 0 saturated carbocycles. The molecule has 1 aliphatic rings. The molecule has 1 heterocycles. The zero-order valence-electron chi connectivity index (χ0n) is 33.2. The molecule has 7 amide bonds. The molecule has 1 fully saturated rings. The molecule has 19 nitrogen and oxygen atoms in total. The van der Waals surface area contributed by atoms with Crippen LogP contribution in [0, 0.1) is 17.8 Å². The first-order valence-corrected chi connectivity index (χ1v) is 18.8. The number of carboxylic acid groups (broad SMARTS) is 2. The first-order valence-electron chi connectivity index (χ1n) is 18.8. The number of likely N-dealkylation sites (tertiary alicyclic amines) is 1. The summed E-state index contributed by atoms with van der Waals surface area (Å²) in [5.74, 6) is -7.49. The van der Waals surface area contributed by atoms with Gasteiger partial charge in [0.05, 0.1) is 6.54 Å². The maximum Gasteiger partial charge on any atom is 0.326 e. The number of carboxylic acids is 2. The molecule has 19 heteroatoms. The van der Waals surface area contributed by atoms with E-state index in [-0.39, 0.29) is 56.5 Å². The number of nitrogens with two attached hydrogens (primary N) is 1. The minimum Gasteiger partial charge on any atom is -0.481 e. The molecule has 0 unspecified atom stereocenters. The van der Waals surface area contributed by atoms with E-state index < -0.39 is 102 Å². The smallest absolute Gasteiger partial charge is 0.326 e. The third-order valence-corrected chi connectivity index (χ3v) is 8.81. The van der Waals surface area contributed by atoms with Gasteiger partial charge in [-0.25, -0.2) is 4.79 Å². The number of carbonyl (C=O) groups excluding carboxylic acids is 7. The van der Waals surface area contributed by atoms with Crippen molar-refractivity contribution in [3.63, 3.8) is 0 Å². The highest BCUT2D eigenvalue weighted by atomic mass is 16.4. The van der Waals surface area contributed by atoms with Crippen LogP contribution in [0.5, 0.6) is 0 Å². The highest BCUT2D eigenvalue weighted by molar-refractivity contribution is 5.97. The van der Waals surface area contributed by atoms with Crippen LogP contribution < -0.4 is 37.6 Å². The van der Waals surface area contributed by atoms with Crippen molar-refractivity contribution in [1.29, 1.82) is 0 Å². The summed E-state index contributed by atoms with van der Waals surface area (Å²) in [6, 6.07) is -8.09. The summed E-state index contributed by atoms with van der Waals surface area (Å²) < 4.78 is 0. The summed E-state index contributed by atoms with van der Waals surface area (Å²) in [6.45, 7) is 13.5. The predicted molar refractivity (Wildman–Crippen MR) is 200 cm³/mol. The third kappa shape index (κ3) is 17.0. The maximum atomic E-state index is 13.6. The number of hydrogen-bond donors (Lipinski definition) is 9. The van der Waals surface area contributed by atoms with Crippen molar-refractivity contribution in [2.24, 2.45) is 23.5 Å². The molecular formula is C36H62N8O11. The van der Waals surface area contributed by atoms with Crippen molar-refractivity contribution < 1.29 is 53.4 Å². The number of amides is 7. The van der Waals surface area contributed by atoms with Gasteiger partial charge in [0.1, 0.15) is 42.3 Å². The molecule has 0 spiro atoms. The standard InChI is InChI=1S/C36H62N8O11/c1-18(2)14-24(40-28(45)17-37)32(50)38-21(7)30(48)42-25(15-19(3)4)33(51)39-22(8)31(49)43-26(16-20(5)6)34(52)41-23(11-12-29(46)47)35(53)44-13-9-10-27(44)36(54)55/h18-27H,9-17,37H2,1-8H3,(H,38,50)(H,39,51)(H,40,45)(H,41,52)(H,42,48)(H,43,49)(H,46,47)(H,54,55)/t21-,22-,23-,24-,25-,26-,27-/m0/s1. The van der Waals surface area contributed by atoms with Gasteiger partial charge in [-0.3, -0.25) is 38.4 Å². The van der Waals surface area contributed by atoms with Crippen LogP contribution in [0.4, 0.5) is 0 Å². The third-order valence-electron chi connectivity index (χ3n) is 8.81. The number of nitrogens with one attached hydrogen (secondary N) is 6. The van der Waals surface area contributed by atoms with Crippen LogP contribution in [0.3, 0.4) is 0 Å². The van der Waals surface area contributed by atoms with Gasteiger partial charge in [-0.05, 0) is 70.1 Å². The Morgan fingerprint density at radius 3 is 1.38 bits per heavy atom. The zero-order valence-corrected chi connectivity index (χ0v) is 33.2. The van der Waals surface area contributed by atoms with Gasteiger partial charge in [-0.2, -0.15) is 0 Å². The van der Waals surface area contributed by atoms with Crippen molar-refractivity contribution in [3.05, 3.63) is 0 Å². The molecule has 0 aromatic rings. The summed E-state index contributed by atoms with van der Waals surface area (Å²) >= 11 is 0. The van der Waals surface area contributed by atoms with Crippen LogP contribution >= 0.6 is 0 Å². The van der Waals surface area contributed by atoms with Gasteiger partial charge in [0.15, 0.2) is 0 Å². The zero-order chi connectivity index (χ0) is 42.2. The van der Waals surface area contributed by atoms with E-state index in [9.17, 15) is 53.4 Å². The van der Waals surface area contributed by atoms with Crippen molar-refractivity contribution in [2.45, 2.75) is 143 Å². The Morgan fingerprint density at radius 2 is 1.00 bits per heavy atom. The molecule has 0 radical (unpaired) electrons. The van der Waals surface area contributed by atoms with E-state index in [4.69, 9.17) is 5.73 Å². The van der Waals surface area contributed by atoms with E-state index in [2.05, 4.69) is 31.9 Å². The number of carbonyl (C=O) groups is 9. The minimum absolute atomic E-state index is 0.0320. The fourth-order valence-corrected chi connectivity index (χ4v) is 6.00. The van der Waals surface area contributed by atoms with Crippen LogP contribution in [0.25, 0.3) is 0 Å². The summed E-state index contributed by atoms with van der Waals surface area (Å²) in [5, 5.41) is 34.2. The second-order valence-corrected chi connectivity index (χ2v) is 15.3. The van der Waals surface area contributed by atoms with Gasteiger partial charge < -0.3 is 52.7 Å². The number of nitrogens with zero attached hydrogens (tertiary/aromatic N) is 1. The molecule has 312 valence electrons. The van der Waals surface area contributed by atoms with Crippen molar-refractivity contribution in [2.75, 3.05) is 13.1 Å². The Balaban J connectivity index is 3.07. The van der Waals surface area contributed by atoms with Crippen LogP contribution in [-0.4, -0.2) is 124 Å². The van der Waals surface area contributed by atoms with Crippen LogP contribution in [-0.2, 0) is 43.2 Å². The quantitative estimate of drug-likeness (QED) is 0.0602. The Morgan fingerprint density at radius 1 is 0.600 bits per heavy atom. The van der Waals surface area contributed by atoms with E-state index in [0.717, 1.165) is 4.90 Å². The Kier molecular flexibility index (Phi) is 20.3. The predicted octanol–water partition coefficient (Wildman–Crippen LogP) is -1.03. The van der Waals surface area contributed by atoms with Crippen LogP contribution in [0.2, 0.25) is 0 Å². The normalized spacial score (nSPS) is 17.3. The SMILES string of the molecule is CC(C)C[C@H](NC(=O)CN)C(=O)N[C@@H](C)C(=O)N[C@@H](CC(C)C)C(=O)N[C@@H](C)C(=O)N[C@@H](CC(C)C)C(=O)N[C@@H](CCC(=O)O)C(=O)N1CCC[C@H]1C(=O)O. The molecular weight excluding hydrogens is 720 g/mol. The molecule has 0 bridgehead atoms. The fourth-order valence-electron chi connectivity index (χ4n) is 6.00. The molecule has 10 N–H and O–H groups in total. The van der Waals surface area contributed by atoms with Crippen molar-refractivity contribution >= 4 is 53.3 Å². The number of hydrogen-bond acceptors (Lipinski definition) is 10. The molecule has 1 aliphatic heterocycles. The number of rotatable bonds is 23. The lowest BCUT2D eigenvalue weighted by Crippen LogP contribution is -2.59. The minimum atomic E-state index is -1.37. The first-order chi connectivity index (χ1) is 25.6. The summed E-state index contributed by atoms with van der Waals surface area (Å²) in [7, 11) is 0. The van der Waals surface area contributed by atoms with E-state index >= 15 is 0 Å². The van der Waals surface area contributed by atoms with Crippen LogP contribution in [0.15, 0.2) is 0 Å². The lowest BCUT2D eigenvalue weighted by atomic mass is 10.0.